The molecule has 0 aromatic carbocycles. The van der Waals surface area contributed by atoms with Gasteiger partial charge in [0.15, 0.2) is 0 Å². The normalized spacial score (nSPS) is 25.8. The van der Waals surface area contributed by atoms with Crippen molar-refractivity contribution in [2.75, 3.05) is 37.7 Å². The van der Waals surface area contributed by atoms with Gasteiger partial charge in [0, 0.05) is 50.8 Å². The Hall–Kier alpha value is -1.62. The lowest BCUT2D eigenvalue weighted by molar-refractivity contribution is -0.138. The Bertz CT molecular complexity index is 508. The molecule has 5 nitrogen and oxygen atoms in total. The fourth-order valence-corrected chi connectivity index (χ4v) is 3.85. The highest BCUT2D eigenvalue weighted by Gasteiger charge is 2.41. The maximum Gasteiger partial charge on any atom is 0.222 e. The summed E-state index contributed by atoms with van der Waals surface area (Å²) in [5, 5.41) is 9.02. The molecule has 2 aliphatic heterocycles. The van der Waals surface area contributed by atoms with E-state index < -0.39 is 0 Å². The number of carbonyl (C=O) groups excluding carboxylic acids is 1. The van der Waals surface area contributed by atoms with Gasteiger partial charge in [-0.15, -0.1) is 0 Å². The van der Waals surface area contributed by atoms with Crippen molar-refractivity contribution in [3.63, 3.8) is 0 Å². The summed E-state index contributed by atoms with van der Waals surface area (Å²) in [5.74, 6) is 1.29. The molecule has 2 fully saturated rings. The van der Waals surface area contributed by atoms with Crippen LogP contribution in [0.5, 0.6) is 0 Å². The third-order valence-corrected chi connectivity index (χ3v) is 4.97. The summed E-state index contributed by atoms with van der Waals surface area (Å²) >= 11 is 0. The monoisotopic (exact) mass is 303 g/mol. The first-order valence-corrected chi connectivity index (χ1v) is 8.27. The van der Waals surface area contributed by atoms with Gasteiger partial charge in [-0.2, -0.15) is 0 Å². The molecule has 3 rings (SSSR count). The van der Waals surface area contributed by atoms with Crippen LogP contribution < -0.4 is 4.90 Å². The van der Waals surface area contributed by atoms with Crippen LogP contribution in [0, 0.1) is 5.41 Å². The van der Waals surface area contributed by atoms with Crippen molar-refractivity contribution < 1.29 is 9.90 Å². The van der Waals surface area contributed by atoms with Crippen LogP contribution in [0.3, 0.4) is 0 Å². The highest BCUT2D eigenvalue weighted by molar-refractivity contribution is 5.77. The average Bonchev–Trinajstić information content (AvgIpc) is 2.57. The summed E-state index contributed by atoms with van der Waals surface area (Å²) in [5.41, 5.74) is 0.194. The molecule has 1 spiro atoms. The molecule has 5 heteroatoms. The van der Waals surface area contributed by atoms with Crippen molar-refractivity contribution in [2.24, 2.45) is 5.41 Å². The first-order valence-electron chi connectivity index (χ1n) is 8.27. The highest BCUT2D eigenvalue weighted by atomic mass is 16.3. The Kier molecular flexibility index (Phi) is 4.62. The number of aliphatic hydroxyl groups excluding tert-OH is 1. The predicted molar refractivity (Wildman–Crippen MR) is 85.6 cm³/mol. The number of piperidine rings is 2. The van der Waals surface area contributed by atoms with Crippen LogP contribution in [0.15, 0.2) is 24.4 Å². The minimum absolute atomic E-state index is 0.150. The van der Waals surface area contributed by atoms with Crippen LogP contribution in [-0.4, -0.2) is 53.7 Å². The number of aliphatic hydroxyl groups is 1. The second-order valence-electron chi connectivity index (χ2n) is 6.61. The SMILES string of the molecule is O=C1CC[C@]2(CCCN(c3ccccn3)C2)CN1CCCO. The molecule has 120 valence electrons. The molecule has 1 aromatic rings. The zero-order chi connectivity index (χ0) is 15.4. The molecule has 0 radical (unpaired) electrons. The second-order valence-corrected chi connectivity index (χ2v) is 6.61. The number of carbonyl (C=O) groups is 1. The van der Waals surface area contributed by atoms with Crippen molar-refractivity contribution >= 4 is 11.7 Å². The van der Waals surface area contributed by atoms with E-state index in [4.69, 9.17) is 5.11 Å². The van der Waals surface area contributed by atoms with Crippen LogP contribution >= 0.6 is 0 Å². The van der Waals surface area contributed by atoms with E-state index in [1.807, 2.05) is 23.2 Å². The van der Waals surface area contributed by atoms with Crippen LogP contribution in [0.25, 0.3) is 0 Å². The summed E-state index contributed by atoms with van der Waals surface area (Å²) in [6.07, 6.45) is 6.46. The second kappa shape index (κ2) is 6.65. The molecule has 3 heterocycles. The molecule has 0 saturated carbocycles. The first-order chi connectivity index (χ1) is 10.7. The third-order valence-electron chi connectivity index (χ3n) is 4.97. The quantitative estimate of drug-likeness (QED) is 0.919. The Labute approximate surface area is 131 Å². The zero-order valence-electron chi connectivity index (χ0n) is 13.1. The van der Waals surface area contributed by atoms with Crippen LogP contribution in [0.4, 0.5) is 5.82 Å². The van der Waals surface area contributed by atoms with E-state index in [9.17, 15) is 4.79 Å². The van der Waals surface area contributed by atoms with Gasteiger partial charge in [0.05, 0.1) is 0 Å². The van der Waals surface area contributed by atoms with Crippen molar-refractivity contribution in [3.8, 4) is 0 Å². The van der Waals surface area contributed by atoms with Crippen molar-refractivity contribution in [2.45, 2.75) is 32.1 Å². The third kappa shape index (κ3) is 3.24. The number of hydrogen-bond acceptors (Lipinski definition) is 4. The van der Waals surface area contributed by atoms with E-state index in [-0.39, 0.29) is 17.9 Å². The van der Waals surface area contributed by atoms with Crippen LogP contribution in [-0.2, 0) is 4.79 Å². The average molecular weight is 303 g/mol. The lowest BCUT2D eigenvalue weighted by Crippen LogP contribution is -2.54. The van der Waals surface area contributed by atoms with Gasteiger partial charge in [-0.05, 0) is 37.8 Å². The number of nitrogens with zero attached hydrogens (tertiary/aromatic N) is 3. The van der Waals surface area contributed by atoms with E-state index >= 15 is 0 Å². The fraction of sp³-hybridized carbons (Fsp3) is 0.647. The molecule has 1 amide bonds. The van der Waals surface area contributed by atoms with Gasteiger partial charge in [-0.3, -0.25) is 4.79 Å². The summed E-state index contributed by atoms with van der Waals surface area (Å²) in [6, 6.07) is 6.04. The van der Waals surface area contributed by atoms with Gasteiger partial charge in [-0.1, -0.05) is 6.07 Å². The molecule has 0 unspecified atom stereocenters. The Morgan fingerprint density at radius 1 is 1.27 bits per heavy atom. The van der Waals surface area contributed by atoms with Gasteiger partial charge in [0.1, 0.15) is 5.82 Å². The lowest BCUT2D eigenvalue weighted by atomic mass is 9.73. The predicted octanol–water partition coefficient (Wildman–Crippen LogP) is 1.67. The van der Waals surface area contributed by atoms with Gasteiger partial charge >= 0.3 is 0 Å². The molecule has 2 saturated heterocycles. The van der Waals surface area contributed by atoms with E-state index in [1.54, 1.807) is 0 Å². The molecule has 1 aromatic heterocycles. The molecule has 0 bridgehead atoms. The molecule has 0 aliphatic carbocycles. The summed E-state index contributed by atoms with van der Waals surface area (Å²) in [4.78, 5) is 20.9. The van der Waals surface area contributed by atoms with Gasteiger partial charge in [0.2, 0.25) is 5.91 Å². The fourth-order valence-electron chi connectivity index (χ4n) is 3.85. The number of pyridine rings is 1. The lowest BCUT2D eigenvalue weighted by Gasteiger charge is -2.48. The first kappa shape index (κ1) is 15.3. The van der Waals surface area contributed by atoms with Gasteiger partial charge in [0.25, 0.3) is 0 Å². The maximum absolute atomic E-state index is 12.1. The highest BCUT2D eigenvalue weighted by Crippen LogP contribution is 2.39. The Morgan fingerprint density at radius 2 is 2.18 bits per heavy atom. The van der Waals surface area contributed by atoms with Crippen LogP contribution in [0.2, 0.25) is 0 Å². The number of anilines is 1. The number of hydrogen-bond donors (Lipinski definition) is 1. The van der Waals surface area contributed by atoms with Gasteiger partial charge in [-0.25, -0.2) is 4.98 Å². The zero-order valence-corrected chi connectivity index (χ0v) is 13.1. The molecule has 1 N–H and O–H groups in total. The largest absolute Gasteiger partial charge is 0.396 e. The standard InChI is InChI=1S/C17H25N3O2/c21-12-4-11-20-14-17(8-6-16(20)22)7-3-10-19(13-17)15-5-1-2-9-18-15/h1-2,5,9,21H,3-4,6-8,10-14H2/t17-/m0/s1. The summed E-state index contributed by atoms with van der Waals surface area (Å²) in [6.45, 7) is 3.68. The summed E-state index contributed by atoms with van der Waals surface area (Å²) in [7, 11) is 0. The number of rotatable bonds is 4. The van der Waals surface area contributed by atoms with Crippen molar-refractivity contribution in [1.29, 1.82) is 0 Å². The van der Waals surface area contributed by atoms with Gasteiger partial charge < -0.3 is 14.9 Å². The minimum atomic E-state index is 0.150. The molecular formula is C17H25N3O2. The van der Waals surface area contributed by atoms with Crippen LogP contribution in [0.1, 0.15) is 32.1 Å². The topological polar surface area (TPSA) is 56.7 Å². The van der Waals surface area contributed by atoms with Crippen molar-refractivity contribution in [1.82, 2.24) is 9.88 Å². The van der Waals surface area contributed by atoms with E-state index in [0.717, 1.165) is 38.3 Å². The summed E-state index contributed by atoms with van der Waals surface area (Å²) < 4.78 is 0. The van der Waals surface area contributed by atoms with E-state index in [0.29, 0.717) is 19.4 Å². The maximum atomic E-state index is 12.1. The molecule has 1 atom stereocenters. The van der Waals surface area contributed by atoms with E-state index in [1.165, 1.54) is 6.42 Å². The Balaban J connectivity index is 1.71. The molecule has 22 heavy (non-hydrogen) atoms. The number of amides is 1. The molecular weight excluding hydrogens is 278 g/mol. The van der Waals surface area contributed by atoms with Crippen molar-refractivity contribution in [3.05, 3.63) is 24.4 Å². The number of likely N-dealkylation sites (tertiary alicyclic amines) is 1. The van der Waals surface area contributed by atoms with E-state index in [2.05, 4.69) is 16.0 Å². The smallest absolute Gasteiger partial charge is 0.222 e. The number of aromatic nitrogens is 1. The molecule has 2 aliphatic rings. The Morgan fingerprint density at radius 3 is 2.95 bits per heavy atom. The minimum Gasteiger partial charge on any atom is -0.396 e.